The molecule has 2 N–H and O–H groups in total. The van der Waals surface area contributed by atoms with Crippen LogP contribution in [-0.4, -0.2) is 21.1 Å². The van der Waals surface area contributed by atoms with Gasteiger partial charge in [-0.05, 0) is 18.1 Å². The smallest absolute Gasteiger partial charge is 0.0954 e. The van der Waals surface area contributed by atoms with Gasteiger partial charge < -0.3 is 10.3 Å². The van der Waals surface area contributed by atoms with Gasteiger partial charge in [0.15, 0.2) is 0 Å². The summed E-state index contributed by atoms with van der Waals surface area (Å²) in [4.78, 5) is 8.27. The third-order valence-corrected chi connectivity index (χ3v) is 3.01. The molecule has 0 aliphatic rings. The highest BCUT2D eigenvalue weighted by Gasteiger charge is 2.17. The largest absolute Gasteiger partial charge is 0.328 e. The van der Waals surface area contributed by atoms with Crippen molar-refractivity contribution in [3.05, 3.63) is 37.1 Å². The van der Waals surface area contributed by atoms with Gasteiger partial charge in [0.1, 0.15) is 0 Å². The van der Waals surface area contributed by atoms with Crippen LogP contribution in [0.1, 0.15) is 19.9 Å². The molecule has 1 atom stereocenters. The average Bonchev–Trinajstić information content (AvgIpc) is 2.80. The second-order valence-electron chi connectivity index (χ2n) is 4.47. The summed E-state index contributed by atoms with van der Waals surface area (Å²) in [6.07, 6.45) is 7.31. The van der Waals surface area contributed by atoms with E-state index in [0.717, 1.165) is 11.3 Å². The summed E-state index contributed by atoms with van der Waals surface area (Å²) in [6.45, 7) is 4.97. The van der Waals surface area contributed by atoms with Gasteiger partial charge in [-0.1, -0.05) is 13.8 Å². The highest BCUT2D eigenvalue weighted by atomic mass is 15.1. The van der Waals surface area contributed by atoms with Gasteiger partial charge >= 0.3 is 0 Å². The second-order valence-corrected chi connectivity index (χ2v) is 4.47. The van der Waals surface area contributed by atoms with Crippen LogP contribution in [0.2, 0.25) is 0 Å². The maximum atomic E-state index is 5.85. The summed E-state index contributed by atoms with van der Waals surface area (Å²) in [6, 6.07) is 4.25. The molecule has 0 aliphatic heterocycles. The monoisotopic (exact) mass is 230 g/mol. The van der Waals surface area contributed by atoms with Crippen molar-refractivity contribution in [2.75, 3.05) is 6.54 Å². The van der Waals surface area contributed by atoms with Crippen molar-refractivity contribution < 1.29 is 0 Å². The molecule has 0 saturated carbocycles. The maximum absolute atomic E-state index is 5.85. The Bertz CT molecular complexity index is 461. The number of aromatic nitrogens is 3. The molecule has 2 rings (SSSR count). The fourth-order valence-corrected chi connectivity index (χ4v) is 2.02. The lowest BCUT2D eigenvalue weighted by atomic mass is 10.0. The van der Waals surface area contributed by atoms with Crippen LogP contribution >= 0.6 is 0 Å². The van der Waals surface area contributed by atoms with Gasteiger partial charge in [-0.15, -0.1) is 0 Å². The van der Waals surface area contributed by atoms with Crippen LogP contribution in [0, 0.1) is 5.92 Å². The van der Waals surface area contributed by atoms with E-state index in [1.54, 1.807) is 12.4 Å². The fourth-order valence-electron chi connectivity index (χ4n) is 2.02. The van der Waals surface area contributed by atoms with Crippen LogP contribution < -0.4 is 5.73 Å². The third-order valence-electron chi connectivity index (χ3n) is 3.01. The normalized spacial score (nSPS) is 12.9. The van der Waals surface area contributed by atoms with E-state index in [9.17, 15) is 0 Å². The third kappa shape index (κ3) is 2.36. The van der Waals surface area contributed by atoms with Crippen molar-refractivity contribution in [3.8, 4) is 11.3 Å². The topological polar surface area (TPSA) is 56.7 Å². The van der Waals surface area contributed by atoms with E-state index < -0.39 is 0 Å². The van der Waals surface area contributed by atoms with Crippen molar-refractivity contribution >= 4 is 0 Å². The minimum atomic E-state index is 0.278. The minimum absolute atomic E-state index is 0.278. The average molecular weight is 230 g/mol. The van der Waals surface area contributed by atoms with Gasteiger partial charge in [-0.3, -0.25) is 4.98 Å². The molecule has 17 heavy (non-hydrogen) atoms. The molecule has 0 fully saturated rings. The predicted molar refractivity (Wildman–Crippen MR) is 68.4 cm³/mol. The van der Waals surface area contributed by atoms with Gasteiger partial charge in [0.05, 0.1) is 18.2 Å². The highest BCUT2D eigenvalue weighted by molar-refractivity contribution is 5.58. The SMILES string of the molecule is CC(C)C(CN)n1cncc1-c1ccncc1. The Kier molecular flexibility index (Phi) is 3.54. The second kappa shape index (κ2) is 5.10. The molecule has 4 nitrogen and oxygen atoms in total. The number of rotatable bonds is 4. The summed E-state index contributed by atoms with van der Waals surface area (Å²) >= 11 is 0. The zero-order valence-corrected chi connectivity index (χ0v) is 10.2. The Morgan fingerprint density at radius 2 is 1.94 bits per heavy atom. The Labute approximate surface area is 102 Å². The molecule has 0 aromatic carbocycles. The van der Waals surface area contributed by atoms with E-state index in [1.807, 2.05) is 24.7 Å². The van der Waals surface area contributed by atoms with E-state index in [4.69, 9.17) is 5.73 Å². The van der Waals surface area contributed by atoms with Gasteiger partial charge in [0, 0.05) is 30.5 Å². The van der Waals surface area contributed by atoms with Crippen molar-refractivity contribution in [3.63, 3.8) is 0 Å². The van der Waals surface area contributed by atoms with Gasteiger partial charge in [-0.25, -0.2) is 4.98 Å². The molecule has 0 spiro atoms. The van der Waals surface area contributed by atoms with Crippen LogP contribution in [0.5, 0.6) is 0 Å². The first kappa shape index (κ1) is 11.8. The molecule has 0 aliphatic carbocycles. The summed E-state index contributed by atoms with van der Waals surface area (Å²) in [5.74, 6) is 0.481. The van der Waals surface area contributed by atoms with E-state index >= 15 is 0 Å². The predicted octanol–water partition coefficient (Wildman–Crippen LogP) is 2.10. The summed E-state index contributed by atoms with van der Waals surface area (Å²) in [5.41, 5.74) is 8.07. The lowest BCUT2D eigenvalue weighted by Crippen LogP contribution is -2.24. The van der Waals surface area contributed by atoms with Crippen molar-refractivity contribution in [1.29, 1.82) is 0 Å². The Balaban J connectivity index is 2.41. The molecule has 0 amide bonds. The lowest BCUT2D eigenvalue weighted by Gasteiger charge is -2.22. The standard InChI is InChI=1S/C13H18N4/c1-10(2)12(7-14)17-9-16-8-13(17)11-3-5-15-6-4-11/h3-6,8-10,12H,7,14H2,1-2H3. The minimum Gasteiger partial charge on any atom is -0.328 e. The number of nitrogens with zero attached hydrogens (tertiary/aromatic N) is 3. The van der Waals surface area contributed by atoms with E-state index in [0.29, 0.717) is 12.5 Å². The zero-order chi connectivity index (χ0) is 12.3. The van der Waals surface area contributed by atoms with Crippen molar-refractivity contribution in [1.82, 2.24) is 14.5 Å². The number of nitrogens with two attached hydrogens (primary N) is 1. The molecule has 0 bridgehead atoms. The molecular formula is C13H18N4. The first-order valence-electron chi connectivity index (χ1n) is 5.86. The molecule has 0 radical (unpaired) electrons. The maximum Gasteiger partial charge on any atom is 0.0954 e. The fraction of sp³-hybridized carbons (Fsp3) is 0.385. The zero-order valence-electron chi connectivity index (χ0n) is 10.2. The van der Waals surface area contributed by atoms with E-state index in [2.05, 4.69) is 28.4 Å². The summed E-state index contributed by atoms with van der Waals surface area (Å²) in [7, 11) is 0. The van der Waals surface area contributed by atoms with Gasteiger partial charge in [-0.2, -0.15) is 0 Å². The molecule has 2 aromatic heterocycles. The quantitative estimate of drug-likeness (QED) is 0.875. The highest BCUT2D eigenvalue weighted by Crippen LogP contribution is 2.25. The van der Waals surface area contributed by atoms with Gasteiger partial charge in [0.2, 0.25) is 0 Å². The molecule has 0 saturated heterocycles. The Morgan fingerprint density at radius 3 is 2.53 bits per heavy atom. The van der Waals surface area contributed by atoms with Crippen molar-refractivity contribution in [2.45, 2.75) is 19.9 Å². The molecule has 90 valence electrons. The Hall–Kier alpha value is -1.68. The van der Waals surface area contributed by atoms with Gasteiger partial charge in [0.25, 0.3) is 0 Å². The number of hydrogen-bond acceptors (Lipinski definition) is 3. The van der Waals surface area contributed by atoms with Crippen LogP contribution in [0.25, 0.3) is 11.3 Å². The summed E-state index contributed by atoms with van der Waals surface area (Å²) < 4.78 is 2.15. The van der Waals surface area contributed by atoms with Crippen LogP contribution in [0.3, 0.4) is 0 Å². The van der Waals surface area contributed by atoms with Crippen molar-refractivity contribution in [2.24, 2.45) is 11.7 Å². The molecule has 2 heterocycles. The Morgan fingerprint density at radius 1 is 1.24 bits per heavy atom. The molecule has 4 heteroatoms. The molecule has 2 aromatic rings. The first-order chi connectivity index (χ1) is 8.24. The first-order valence-corrected chi connectivity index (χ1v) is 5.86. The lowest BCUT2D eigenvalue weighted by molar-refractivity contribution is 0.387. The van der Waals surface area contributed by atoms with E-state index in [1.165, 1.54) is 0 Å². The van der Waals surface area contributed by atoms with Crippen LogP contribution in [0.15, 0.2) is 37.1 Å². The van der Waals surface area contributed by atoms with Crippen LogP contribution in [-0.2, 0) is 0 Å². The van der Waals surface area contributed by atoms with E-state index in [-0.39, 0.29) is 6.04 Å². The van der Waals surface area contributed by atoms with Crippen LogP contribution in [0.4, 0.5) is 0 Å². The summed E-state index contributed by atoms with van der Waals surface area (Å²) in [5, 5.41) is 0. The number of imidazole rings is 1. The molecular weight excluding hydrogens is 212 g/mol. The molecule has 1 unspecified atom stereocenters. The number of hydrogen-bond donors (Lipinski definition) is 1. The number of pyridine rings is 1.